The second-order valence-electron chi connectivity index (χ2n) is 5.62. The van der Waals surface area contributed by atoms with Crippen LogP contribution in [0.3, 0.4) is 0 Å². The summed E-state index contributed by atoms with van der Waals surface area (Å²) in [5.41, 5.74) is 4.67. The summed E-state index contributed by atoms with van der Waals surface area (Å²) in [5.74, 6) is 0.798. The van der Waals surface area contributed by atoms with Crippen LogP contribution in [0.4, 0.5) is 0 Å². The lowest BCUT2D eigenvalue weighted by Gasteiger charge is -2.25. The van der Waals surface area contributed by atoms with Crippen LogP contribution in [-0.4, -0.2) is 17.6 Å². The molecule has 1 N–H and O–H groups in total. The molecule has 0 saturated heterocycles. The third kappa shape index (κ3) is 3.42. The van der Waals surface area contributed by atoms with E-state index in [4.69, 9.17) is 0 Å². The van der Waals surface area contributed by atoms with E-state index in [9.17, 15) is 0 Å². The normalized spacial score (nSPS) is 22.3. The van der Waals surface area contributed by atoms with Crippen LogP contribution >= 0.6 is 11.3 Å². The minimum atomic E-state index is 0.798. The van der Waals surface area contributed by atoms with Crippen molar-refractivity contribution in [2.75, 3.05) is 6.54 Å². The molecule has 98 valence electrons. The Morgan fingerprint density at radius 1 is 1.28 bits per heavy atom. The molecule has 1 aromatic rings. The van der Waals surface area contributed by atoms with Crippen LogP contribution in [0.25, 0.3) is 6.08 Å². The molecule has 1 aromatic heterocycles. The Hall–Kier alpha value is -0.670. The van der Waals surface area contributed by atoms with Gasteiger partial charge in [0.15, 0.2) is 0 Å². The molecule has 3 rings (SSSR count). The van der Waals surface area contributed by atoms with Crippen LogP contribution in [0.15, 0.2) is 16.5 Å². The zero-order chi connectivity index (χ0) is 12.2. The van der Waals surface area contributed by atoms with E-state index < -0.39 is 0 Å². The van der Waals surface area contributed by atoms with Gasteiger partial charge in [-0.1, -0.05) is 24.8 Å². The number of nitrogens with one attached hydrogen (secondary N) is 1. The maximum atomic E-state index is 4.41. The summed E-state index contributed by atoms with van der Waals surface area (Å²) >= 11 is 1.69. The molecule has 2 fully saturated rings. The van der Waals surface area contributed by atoms with Crippen LogP contribution in [0, 0.1) is 5.92 Å². The summed E-state index contributed by atoms with van der Waals surface area (Å²) in [7, 11) is 0. The Morgan fingerprint density at radius 2 is 2.11 bits per heavy atom. The maximum absolute atomic E-state index is 4.41. The van der Waals surface area contributed by atoms with Crippen molar-refractivity contribution in [1.82, 2.24) is 10.3 Å². The van der Waals surface area contributed by atoms with Gasteiger partial charge in [-0.25, -0.2) is 4.98 Å². The van der Waals surface area contributed by atoms with Gasteiger partial charge in [-0.05, 0) is 37.7 Å². The van der Waals surface area contributed by atoms with Crippen LogP contribution < -0.4 is 5.32 Å². The number of rotatable bonds is 5. The van der Waals surface area contributed by atoms with Gasteiger partial charge < -0.3 is 5.32 Å². The molecule has 0 atom stereocenters. The predicted molar refractivity (Wildman–Crippen MR) is 77.7 cm³/mol. The molecular formula is C15H22N2S. The van der Waals surface area contributed by atoms with E-state index in [1.165, 1.54) is 44.9 Å². The number of aromatic nitrogens is 1. The van der Waals surface area contributed by atoms with Gasteiger partial charge in [-0.2, -0.15) is 0 Å². The molecule has 2 nitrogen and oxygen atoms in total. The van der Waals surface area contributed by atoms with Gasteiger partial charge in [0, 0.05) is 18.0 Å². The molecule has 0 amide bonds. The lowest BCUT2D eigenvalue weighted by Crippen LogP contribution is -2.24. The first-order valence-corrected chi connectivity index (χ1v) is 8.18. The fraction of sp³-hybridized carbons (Fsp3) is 0.667. The van der Waals surface area contributed by atoms with Crippen LogP contribution in [0.5, 0.6) is 0 Å². The maximum Gasteiger partial charge on any atom is 0.0798 e. The minimum absolute atomic E-state index is 0.798. The quantitative estimate of drug-likeness (QED) is 0.871. The van der Waals surface area contributed by atoms with E-state index in [1.54, 1.807) is 16.9 Å². The highest BCUT2D eigenvalue weighted by Gasteiger charge is 2.23. The van der Waals surface area contributed by atoms with Crippen molar-refractivity contribution < 1.29 is 0 Å². The topological polar surface area (TPSA) is 24.9 Å². The Kier molecular flexibility index (Phi) is 4.11. The Morgan fingerprint density at radius 3 is 2.78 bits per heavy atom. The second-order valence-corrected chi connectivity index (χ2v) is 6.34. The van der Waals surface area contributed by atoms with Gasteiger partial charge in [-0.15, -0.1) is 11.3 Å². The molecule has 1 heterocycles. The van der Waals surface area contributed by atoms with Crippen molar-refractivity contribution in [3.8, 4) is 0 Å². The fourth-order valence-electron chi connectivity index (χ4n) is 2.82. The van der Waals surface area contributed by atoms with E-state index in [0.717, 1.165) is 24.2 Å². The Balaban J connectivity index is 1.68. The van der Waals surface area contributed by atoms with Gasteiger partial charge in [0.2, 0.25) is 0 Å². The lowest BCUT2D eigenvalue weighted by molar-refractivity contribution is 0.396. The molecule has 2 saturated carbocycles. The zero-order valence-corrected chi connectivity index (χ0v) is 11.7. The van der Waals surface area contributed by atoms with Crippen LogP contribution in [0.2, 0.25) is 0 Å². The first kappa shape index (κ1) is 12.4. The first-order valence-electron chi connectivity index (χ1n) is 7.24. The van der Waals surface area contributed by atoms with Gasteiger partial charge in [0.25, 0.3) is 0 Å². The third-order valence-electron chi connectivity index (χ3n) is 4.09. The smallest absolute Gasteiger partial charge is 0.0798 e. The molecule has 0 aromatic carbocycles. The molecule has 0 spiro atoms. The van der Waals surface area contributed by atoms with Crippen molar-refractivity contribution in [3.05, 3.63) is 22.2 Å². The molecule has 2 aliphatic carbocycles. The van der Waals surface area contributed by atoms with Crippen molar-refractivity contribution in [2.24, 2.45) is 5.92 Å². The van der Waals surface area contributed by atoms with E-state index in [2.05, 4.69) is 21.8 Å². The van der Waals surface area contributed by atoms with E-state index in [-0.39, 0.29) is 0 Å². The largest absolute Gasteiger partial charge is 0.310 e. The summed E-state index contributed by atoms with van der Waals surface area (Å²) in [4.78, 5) is 4.41. The molecule has 2 aliphatic rings. The number of nitrogens with zero attached hydrogens (tertiary/aromatic N) is 1. The highest BCUT2D eigenvalue weighted by molar-refractivity contribution is 7.07. The van der Waals surface area contributed by atoms with E-state index in [1.807, 2.05) is 5.51 Å². The van der Waals surface area contributed by atoms with Crippen molar-refractivity contribution >= 4 is 17.4 Å². The highest BCUT2D eigenvalue weighted by atomic mass is 32.1. The standard InChI is InChI=1S/C15H22N2S/c1-2-4-12(5-3-1)13(9-16-14-6-7-14)8-15-10-18-11-17-15/h8,10-12,14,16H,1-7,9H2. The number of hydrogen-bond donors (Lipinski definition) is 1. The SMILES string of the molecule is C(=C(CNC1CC1)C1CCCCC1)c1cscn1. The van der Waals surface area contributed by atoms with E-state index in [0.29, 0.717) is 0 Å². The van der Waals surface area contributed by atoms with Gasteiger partial charge >= 0.3 is 0 Å². The van der Waals surface area contributed by atoms with E-state index >= 15 is 0 Å². The summed E-state index contributed by atoms with van der Waals surface area (Å²) in [5, 5.41) is 5.83. The van der Waals surface area contributed by atoms with Crippen LogP contribution in [-0.2, 0) is 0 Å². The summed E-state index contributed by atoms with van der Waals surface area (Å²) < 4.78 is 0. The Bertz CT molecular complexity index is 387. The monoisotopic (exact) mass is 262 g/mol. The summed E-state index contributed by atoms with van der Waals surface area (Å²) in [6.07, 6.45) is 12.1. The highest BCUT2D eigenvalue weighted by Crippen LogP contribution is 2.31. The van der Waals surface area contributed by atoms with Gasteiger partial charge in [0.05, 0.1) is 11.2 Å². The van der Waals surface area contributed by atoms with Gasteiger partial charge in [-0.3, -0.25) is 0 Å². The van der Waals surface area contributed by atoms with Crippen molar-refractivity contribution in [2.45, 2.75) is 51.0 Å². The molecular weight excluding hydrogens is 240 g/mol. The summed E-state index contributed by atoms with van der Waals surface area (Å²) in [6, 6.07) is 0.799. The number of thiazole rings is 1. The molecule has 0 radical (unpaired) electrons. The van der Waals surface area contributed by atoms with Crippen molar-refractivity contribution in [1.29, 1.82) is 0 Å². The first-order chi connectivity index (χ1) is 8.92. The average Bonchev–Trinajstić information content (AvgIpc) is 3.11. The molecule has 0 bridgehead atoms. The predicted octanol–water partition coefficient (Wildman–Crippen LogP) is 3.86. The number of hydrogen-bond acceptors (Lipinski definition) is 3. The third-order valence-corrected chi connectivity index (χ3v) is 4.69. The molecule has 0 aliphatic heterocycles. The summed E-state index contributed by atoms with van der Waals surface area (Å²) in [6.45, 7) is 1.08. The lowest BCUT2D eigenvalue weighted by atomic mass is 9.83. The fourth-order valence-corrected chi connectivity index (χ4v) is 3.33. The molecule has 0 unspecified atom stereocenters. The second kappa shape index (κ2) is 5.98. The zero-order valence-electron chi connectivity index (χ0n) is 10.9. The minimum Gasteiger partial charge on any atom is -0.310 e. The van der Waals surface area contributed by atoms with Crippen LogP contribution in [0.1, 0.15) is 50.6 Å². The Labute approximate surface area is 114 Å². The molecule has 3 heteroatoms. The van der Waals surface area contributed by atoms with Crippen molar-refractivity contribution in [3.63, 3.8) is 0 Å². The molecule has 18 heavy (non-hydrogen) atoms. The van der Waals surface area contributed by atoms with Gasteiger partial charge in [0.1, 0.15) is 0 Å². The average molecular weight is 262 g/mol.